The highest BCUT2D eigenvalue weighted by atomic mass is 35.5. The van der Waals surface area contributed by atoms with Crippen molar-refractivity contribution in [3.8, 4) is 5.75 Å². The van der Waals surface area contributed by atoms with Crippen molar-refractivity contribution < 1.29 is 27.4 Å². The third kappa shape index (κ3) is 7.01. The first-order valence-corrected chi connectivity index (χ1v) is 11.6. The Balaban J connectivity index is 1.74. The van der Waals surface area contributed by atoms with Crippen molar-refractivity contribution in [1.29, 1.82) is 0 Å². The Hall–Kier alpha value is -2.49. The number of benzene rings is 2. The molecule has 0 radical (unpaired) electrons. The zero-order valence-corrected chi connectivity index (χ0v) is 19.9. The van der Waals surface area contributed by atoms with Crippen LogP contribution in [0, 0.1) is 0 Å². The standard InChI is InChI=1S/C24H29ClF3N3O3/c1-15-12-31(13-16(2)34-15)14-18-4-6-19(11-20(18)24(26,27)28)30-23(32)17-5-7-22(21(29)10-17)33-9-3-8-25/h4-7,10-11,15-16H,3,8-9,12-14,29H2,1-2H3,(H,30,32). The zero-order chi connectivity index (χ0) is 24.9. The lowest BCUT2D eigenvalue weighted by Crippen LogP contribution is -2.45. The highest BCUT2D eigenvalue weighted by Gasteiger charge is 2.35. The fourth-order valence-corrected chi connectivity index (χ4v) is 4.08. The molecule has 1 saturated heterocycles. The molecule has 6 nitrogen and oxygen atoms in total. The van der Waals surface area contributed by atoms with E-state index in [1.165, 1.54) is 24.3 Å². The van der Waals surface area contributed by atoms with Crippen molar-refractivity contribution >= 4 is 28.9 Å². The largest absolute Gasteiger partial charge is 0.491 e. The Morgan fingerprint density at radius 3 is 2.53 bits per heavy atom. The number of ether oxygens (including phenoxy) is 2. The van der Waals surface area contributed by atoms with Gasteiger partial charge < -0.3 is 20.5 Å². The fraction of sp³-hybridized carbons (Fsp3) is 0.458. The number of amides is 1. The number of hydrogen-bond acceptors (Lipinski definition) is 5. The maximum absolute atomic E-state index is 13.8. The van der Waals surface area contributed by atoms with Crippen LogP contribution in [0.4, 0.5) is 24.5 Å². The maximum atomic E-state index is 13.8. The normalized spacial score (nSPS) is 19.1. The van der Waals surface area contributed by atoms with E-state index < -0.39 is 17.6 Å². The smallest absolute Gasteiger partial charge is 0.416 e. The van der Waals surface area contributed by atoms with Crippen LogP contribution >= 0.6 is 11.6 Å². The summed E-state index contributed by atoms with van der Waals surface area (Å²) in [5.74, 6) is 0.289. The second kappa shape index (κ2) is 11.3. The highest BCUT2D eigenvalue weighted by Crippen LogP contribution is 2.35. The van der Waals surface area contributed by atoms with Crippen LogP contribution in [0.2, 0.25) is 0 Å². The second-order valence-corrected chi connectivity index (χ2v) is 8.80. The van der Waals surface area contributed by atoms with Crippen molar-refractivity contribution in [2.24, 2.45) is 0 Å². The molecule has 186 valence electrons. The molecule has 10 heteroatoms. The van der Waals surface area contributed by atoms with E-state index in [9.17, 15) is 18.0 Å². The number of anilines is 2. The van der Waals surface area contributed by atoms with Gasteiger partial charge in [0, 0.05) is 36.8 Å². The third-order valence-corrected chi connectivity index (χ3v) is 5.64. The van der Waals surface area contributed by atoms with Gasteiger partial charge in [0.15, 0.2) is 0 Å². The minimum absolute atomic E-state index is 0.0470. The van der Waals surface area contributed by atoms with E-state index in [4.69, 9.17) is 26.8 Å². The van der Waals surface area contributed by atoms with Gasteiger partial charge in [0.05, 0.1) is 30.1 Å². The van der Waals surface area contributed by atoms with E-state index in [1.807, 2.05) is 18.7 Å². The Morgan fingerprint density at radius 2 is 1.91 bits per heavy atom. The van der Waals surface area contributed by atoms with Gasteiger partial charge in [-0.15, -0.1) is 11.6 Å². The molecule has 2 aromatic rings. The van der Waals surface area contributed by atoms with E-state index in [0.717, 1.165) is 6.07 Å². The summed E-state index contributed by atoms with van der Waals surface area (Å²) in [5.41, 5.74) is 5.82. The van der Waals surface area contributed by atoms with Crippen molar-refractivity contribution in [3.05, 3.63) is 53.1 Å². The monoisotopic (exact) mass is 499 g/mol. The first kappa shape index (κ1) is 26.1. The molecule has 1 aliphatic heterocycles. The van der Waals surface area contributed by atoms with Crippen molar-refractivity contribution in [3.63, 3.8) is 0 Å². The van der Waals surface area contributed by atoms with Gasteiger partial charge in [-0.3, -0.25) is 9.69 Å². The lowest BCUT2D eigenvalue weighted by Gasteiger charge is -2.35. The summed E-state index contributed by atoms with van der Waals surface area (Å²) in [6.45, 7) is 5.42. The van der Waals surface area contributed by atoms with E-state index >= 15 is 0 Å². The molecule has 3 rings (SSSR count). The molecule has 0 bridgehead atoms. The molecular weight excluding hydrogens is 471 g/mol. The van der Waals surface area contributed by atoms with Gasteiger partial charge in [-0.1, -0.05) is 6.07 Å². The highest BCUT2D eigenvalue weighted by molar-refractivity contribution is 6.17. The number of morpholine rings is 1. The van der Waals surface area contributed by atoms with Crippen molar-refractivity contribution in [2.75, 3.05) is 36.6 Å². The summed E-state index contributed by atoms with van der Waals surface area (Å²) >= 11 is 5.62. The van der Waals surface area contributed by atoms with E-state index in [1.54, 1.807) is 6.07 Å². The number of carbonyl (C=O) groups is 1. The number of hydrogen-bond donors (Lipinski definition) is 2. The Labute approximate surface area is 202 Å². The summed E-state index contributed by atoms with van der Waals surface area (Å²) in [6, 6.07) is 8.32. The van der Waals surface area contributed by atoms with Crippen LogP contribution in [0.3, 0.4) is 0 Å². The Morgan fingerprint density at radius 1 is 1.21 bits per heavy atom. The third-order valence-electron chi connectivity index (χ3n) is 5.37. The molecule has 0 aliphatic carbocycles. The molecule has 1 aliphatic rings. The van der Waals surface area contributed by atoms with E-state index in [2.05, 4.69) is 5.32 Å². The molecule has 2 unspecified atom stereocenters. The number of nitrogen functional groups attached to an aromatic ring is 1. The maximum Gasteiger partial charge on any atom is 0.416 e. The van der Waals surface area contributed by atoms with Crippen LogP contribution in [0.5, 0.6) is 5.75 Å². The molecule has 2 aromatic carbocycles. The van der Waals surface area contributed by atoms with Gasteiger partial charge in [0.2, 0.25) is 0 Å². The van der Waals surface area contributed by atoms with Crippen LogP contribution in [-0.2, 0) is 17.5 Å². The van der Waals surface area contributed by atoms with Crippen LogP contribution in [0.25, 0.3) is 0 Å². The topological polar surface area (TPSA) is 76.8 Å². The first-order valence-electron chi connectivity index (χ1n) is 11.0. The number of nitrogens with zero attached hydrogens (tertiary/aromatic N) is 1. The van der Waals surface area contributed by atoms with E-state index in [0.29, 0.717) is 37.7 Å². The summed E-state index contributed by atoms with van der Waals surface area (Å²) in [6.07, 6.45) is -4.03. The summed E-state index contributed by atoms with van der Waals surface area (Å²) < 4.78 is 52.6. The fourth-order valence-electron chi connectivity index (χ4n) is 3.97. The predicted molar refractivity (Wildman–Crippen MR) is 126 cm³/mol. The Bertz CT molecular complexity index is 993. The van der Waals surface area contributed by atoms with Crippen LogP contribution < -0.4 is 15.8 Å². The second-order valence-electron chi connectivity index (χ2n) is 8.42. The van der Waals surface area contributed by atoms with Gasteiger partial charge in [0.1, 0.15) is 5.75 Å². The molecule has 0 aromatic heterocycles. The summed E-state index contributed by atoms with van der Waals surface area (Å²) in [7, 11) is 0. The molecule has 1 fully saturated rings. The van der Waals surface area contributed by atoms with Crippen molar-refractivity contribution in [2.45, 2.75) is 45.2 Å². The molecule has 34 heavy (non-hydrogen) atoms. The van der Waals surface area contributed by atoms with E-state index in [-0.39, 0.29) is 41.3 Å². The van der Waals surface area contributed by atoms with Gasteiger partial charge in [-0.05, 0) is 56.2 Å². The van der Waals surface area contributed by atoms with Crippen LogP contribution in [0.15, 0.2) is 36.4 Å². The molecule has 0 saturated carbocycles. The molecular formula is C24H29ClF3N3O3. The van der Waals surface area contributed by atoms with Crippen molar-refractivity contribution in [1.82, 2.24) is 4.90 Å². The number of carbonyl (C=O) groups excluding carboxylic acids is 1. The lowest BCUT2D eigenvalue weighted by atomic mass is 10.0. The number of rotatable bonds is 8. The van der Waals surface area contributed by atoms with Gasteiger partial charge >= 0.3 is 6.18 Å². The van der Waals surface area contributed by atoms with Crippen LogP contribution in [-0.4, -0.2) is 48.6 Å². The summed E-state index contributed by atoms with van der Waals surface area (Å²) in [5, 5.41) is 2.53. The summed E-state index contributed by atoms with van der Waals surface area (Å²) in [4.78, 5) is 14.6. The SMILES string of the molecule is CC1CN(Cc2ccc(NC(=O)c3ccc(OCCCCl)c(N)c3)cc2C(F)(F)F)CC(C)O1. The predicted octanol–water partition coefficient (Wildman–Crippen LogP) is 5.16. The number of nitrogens with one attached hydrogen (secondary N) is 1. The molecule has 0 spiro atoms. The molecule has 2 atom stereocenters. The van der Waals surface area contributed by atoms with Gasteiger partial charge in [-0.2, -0.15) is 13.2 Å². The van der Waals surface area contributed by atoms with Gasteiger partial charge in [-0.25, -0.2) is 0 Å². The average Bonchev–Trinajstić information content (AvgIpc) is 2.74. The number of halogens is 4. The zero-order valence-electron chi connectivity index (χ0n) is 19.1. The van der Waals surface area contributed by atoms with Gasteiger partial charge in [0.25, 0.3) is 5.91 Å². The molecule has 1 heterocycles. The number of alkyl halides is 4. The lowest BCUT2D eigenvalue weighted by molar-refractivity contribution is -0.138. The average molecular weight is 500 g/mol. The molecule has 1 amide bonds. The Kier molecular flexibility index (Phi) is 8.67. The minimum Gasteiger partial charge on any atom is -0.491 e. The number of nitrogens with two attached hydrogens (primary N) is 1. The van der Waals surface area contributed by atoms with Crippen LogP contribution in [0.1, 0.15) is 41.8 Å². The first-order chi connectivity index (χ1) is 16.1. The molecule has 3 N–H and O–H groups in total. The minimum atomic E-state index is -4.56. The quantitative estimate of drug-likeness (QED) is 0.298.